The minimum Gasteiger partial charge on any atom is -0.307 e. The third-order valence-corrected chi connectivity index (χ3v) is 4.74. The number of para-hydroxylation sites is 2. The normalized spacial score (nSPS) is 12.0. The highest BCUT2D eigenvalue weighted by molar-refractivity contribution is 7.92. The fraction of sp³-hybridized carbons (Fsp3) is 0.188. The minimum atomic E-state index is -3.65. The molecule has 0 saturated carbocycles. The summed E-state index contributed by atoms with van der Waals surface area (Å²) in [5, 5.41) is 0. The fourth-order valence-corrected chi connectivity index (χ4v) is 3.44. The van der Waals surface area contributed by atoms with Gasteiger partial charge in [-0.25, -0.2) is 18.1 Å². The van der Waals surface area contributed by atoms with Gasteiger partial charge in [0.05, 0.1) is 15.9 Å². The van der Waals surface area contributed by atoms with E-state index in [9.17, 15) is 8.42 Å². The Morgan fingerprint density at radius 3 is 2.32 bits per heavy atom. The highest BCUT2D eigenvalue weighted by atomic mass is 32.2. The van der Waals surface area contributed by atoms with Gasteiger partial charge in [-0.3, -0.25) is 0 Å². The van der Waals surface area contributed by atoms with Crippen LogP contribution in [-0.4, -0.2) is 18.0 Å². The van der Waals surface area contributed by atoms with E-state index >= 15 is 0 Å². The predicted octanol–water partition coefficient (Wildman–Crippen LogP) is 3.42. The lowest BCUT2D eigenvalue weighted by Gasteiger charge is -2.14. The number of nitrogens with zero attached hydrogens (tertiary/aromatic N) is 2. The number of aromatic nitrogens is 2. The lowest BCUT2D eigenvalue weighted by Crippen LogP contribution is -2.17. The number of nitrogens with one attached hydrogen (secondary N) is 1. The SMILES string of the molecule is CC(C)n1c(NS(=O)(=O)c2ccccc2)nc2ccccc21. The molecule has 1 heterocycles. The van der Waals surface area contributed by atoms with Crippen LogP contribution >= 0.6 is 0 Å². The Morgan fingerprint density at radius 1 is 1.00 bits per heavy atom. The second-order valence-electron chi connectivity index (χ2n) is 5.31. The van der Waals surface area contributed by atoms with E-state index in [0.717, 1.165) is 11.0 Å². The van der Waals surface area contributed by atoms with Crippen molar-refractivity contribution < 1.29 is 8.42 Å². The lowest BCUT2D eigenvalue weighted by atomic mass is 10.3. The van der Waals surface area contributed by atoms with Gasteiger partial charge in [-0.1, -0.05) is 30.3 Å². The quantitative estimate of drug-likeness (QED) is 0.802. The Bertz CT molecular complexity index is 900. The average Bonchev–Trinajstić information content (AvgIpc) is 2.85. The summed E-state index contributed by atoms with van der Waals surface area (Å²) in [7, 11) is -3.65. The average molecular weight is 315 g/mol. The van der Waals surface area contributed by atoms with Crippen LogP contribution in [-0.2, 0) is 10.0 Å². The van der Waals surface area contributed by atoms with Gasteiger partial charge in [0.15, 0.2) is 0 Å². The molecule has 0 bridgehead atoms. The van der Waals surface area contributed by atoms with E-state index in [4.69, 9.17) is 0 Å². The molecule has 0 fully saturated rings. The van der Waals surface area contributed by atoms with Crippen LogP contribution < -0.4 is 4.72 Å². The van der Waals surface area contributed by atoms with E-state index in [2.05, 4.69) is 9.71 Å². The smallest absolute Gasteiger partial charge is 0.264 e. The molecule has 0 aliphatic carbocycles. The van der Waals surface area contributed by atoms with Crippen molar-refractivity contribution in [3.8, 4) is 0 Å². The number of rotatable bonds is 4. The van der Waals surface area contributed by atoms with E-state index in [0.29, 0.717) is 5.95 Å². The van der Waals surface area contributed by atoms with Crippen LogP contribution in [0.2, 0.25) is 0 Å². The van der Waals surface area contributed by atoms with Crippen molar-refractivity contribution in [2.45, 2.75) is 24.8 Å². The molecule has 1 N–H and O–H groups in total. The third kappa shape index (κ3) is 2.57. The van der Waals surface area contributed by atoms with Gasteiger partial charge in [0, 0.05) is 6.04 Å². The summed E-state index contributed by atoms with van der Waals surface area (Å²) in [5.74, 6) is 0.333. The number of hydrogen-bond donors (Lipinski definition) is 1. The Morgan fingerprint density at radius 2 is 1.64 bits per heavy atom. The zero-order chi connectivity index (χ0) is 15.7. The highest BCUT2D eigenvalue weighted by Crippen LogP contribution is 2.25. The molecule has 1 aromatic heterocycles. The number of benzene rings is 2. The lowest BCUT2D eigenvalue weighted by molar-refractivity contribution is 0.596. The van der Waals surface area contributed by atoms with Gasteiger partial charge in [-0.2, -0.15) is 0 Å². The van der Waals surface area contributed by atoms with Gasteiger partial charge in [0.25, 0.3) is 10.0 Å². The molecule has 0 radical (unpaired) electrons. The van der Waals surface area contributed by atoms with E-state index < -0.39 is 10.0 Å². The summed E-state index contributed by atoms with van der Waals surface area (Å²) in [6.45, 7) is 3.99. The van der Waals surface area contributed by atoms with E-state index in [1.165, 1.54) is 0 Å². The van der Waals surface area contributed by atoms with Crippen LogP contribution in [0.3, 0.4) is 0 Å². The molecule has 3 aromatic rings. The van der Waals surface area contributed by atoms with Crippen LogP contribution in [0.5, 0.6) is 0 Å². The molecule has 0 aliphatic rings. The second-order valence-corrected chi connectivity index (χ2v) is 6.99. The molecule has 114 valence electrons. The van der Waals surface area contributed by atoms with Gasteiger partial charge < -0.3 is 4.57 Å². The molecule has 0 spiro atoms. The van der Waals surface area contributed by atoms with Crippen LogP contribution in [0, 0.1) is 0 Å². The second kappa shape index (κ2) is 5.46. The molecule has 5 nitrogen and oxygen atoms in total. The summed E-state index contributed by atoms with van der Waals surface area (Å²) in [4.78, 5) is 4.64. The summed E-state index contributed by atoms with van der Waals surface area (Å²) in [5.41, 5.74) is 1.67. The first-order chi connectivity index (χ1) is 10.5. The molecule has 0 aliphatic heterocycles. The maximum absolute atomic E-state index is 12.5. The topological polar surface area (TPSA) is 64.0 Å². The Balaban J connectivity index is 2.10. The first-order valence-corrected chi connectivity index (χ1v) is 8.52. The number of sulfonamides is 1. The van der Waals surface area contributed by atoms with Crippen LogP contribution in [0.25, 0.3) is 11.0 Å². The molecule has 6 heteroatoms. The zero-order valence-corrected chi connectivity index (χ0v) is 13.2. The third-order valence-electron chi connectivity index (χ3n) is 3.39. The standard InChI is InChI=1S/C16H17N3O2S/c1-12(2)19-15-11-7-6-10-14(15)17-16(19)18-22(20,21)13-8-4-3-5-9-13/h3-12H,1-2H3,(H,17,18). The van der Waals surface area contributed by atoms with Crippen molar-refractivity contribution in [1.29, 1.82) is 0 Å². The molecule has 3 rings (SSSR count). The van der Waals surface area contributed by atoms with E-state index in [1.54, 1.807) is 30.3 Å². The zero-order valence-electron chi connectivity index (χ0n) is 12.4. The van der Waals surface area contributed by atoms with Crippen molar-refractivity contribution in [3.63, 3.8) is 0 Å². The number of imidazole rings is 1. The molecule has 0 atom stereocenters. The maximum Gasteiger partial charge on any atom is 0.264 e. The van der Waals surface area contributed by atoms with Gasteiger partial charge in [0.1, 0.15) is 0 Å². The van der Waals surface area contributed by atoms with Gasteiger partial charge >= 0.3 is 0 Å². The predicted molar refractivity (Wildman–Crippen MR) is 87.4 cm³/mol. The van der Waals surface area contributed by atoms with Gasteiger partial charge in [-0.05, 0) is 38.1 Å². The van der Waals surface area contributed by atoms with Gasteiger partial charge in [-0.15, -0.1) is 0 Å². The largest absolute Gasteiger partial charge is 0.307 e. The fourth-order valence-electron chi connectivity index (χ4n) is 2.42. The number of fused-ring (bicyclic) bond motifs is 1. The van der Waals surface area contributed by atoms with Crippen molar-refractivity contribution >= 4 is 27.0 Å². The maximum atomic E-state index is 12.5. The number of hydrogen-bond acceptors (Lipinski definition) is 3. The molecular weight excluding hydrogens is 298 g/mol. The van der Waals surface area contributed by atoms with Gasteiger partial charge in [0.2, 0.25) is 5.95 Å². The summed E-state index contributed by atoms with van der Waals surface area (Å²) in [6, 6.07) is 16.0. The Hall–Kier alpha value is -2.34. The highest BCUT2D eigenvalue weighted by Gasteiger charge is 2.20. The molecule has 22 heavy (non-hydrogen) atoms. The van der Waals surface area contributed by atoms with Crippen molar-refractivity contribution in [2.75, 3.05) is 4.72 Å². The molecular formula is C16H17N3O2S. The van der Waals surface area contributed by atoms with Crippen molar-refractivity contribution in [1.82, 2.24) is 9.55 Å². The summed E-state index contributed by atoms with van der Waals surface area (Å²) in [6.07, 6.45) is 0. The first-order valence-electron chi connectivity index (χ1n) is 7.04. The minimum absolute atomic E-state index is 0.0841. The van der Waals surface area contributed by atoms with Crippen molar-refractivity contribution in [3.05, 3.63) is 54.6 Å². The molecule has 2 aromatic carbocycles. The summed E-state index contributed by atoms with van der Waals surface area (Å²) < 4.78 is 29.5. The number of anilines is 1. The Labute approximate surface area is 129 Å². The monoisotopic (exact) mass is 315 g/mol. The van der Waals surface area contributed by atoms with E-state index in [-0.39, 0.29) is 10.9 Å². The molecule has 0 unspecified atom stereocenters. The van der Waals surface area contributed by atoms with Crippen LogP contribution in [0.4, 0.5) is 5.95 Å². The van der Waals surface area contributed by atoms with Crippen LogP contribution in [0.1, 0.15) is 19.9 Å². The molecule has 0 saturated heterocycles. The summed E-state index contributed by atoms with van der Waals surface area (Å²) >= 11 is 0. The molecule has 0 amide bonds. The van der Waals surface area contributed by atoms with Crippen LogP contribution in [0.15, 0.2) is 59.5 Å². The first kappa shape index (κ1) is 14.6. The Kier molecular flexibility index (Phi) is 3.62. The van der Waals surface area contributed by atoms with Crippen molar-refractivity contribution in [2.24, 2.45) is 0 Å². The van der Waals surface area contributed by atoms with E-state index in [1.807, 2.05) is 42.7 Å².